The van der Waals surface area contributed by atoms with E-state index in [-0.39, 0.29) is 5.91 Å². The van der Waals surface area contributed by atoms with Gasteiger partial charge in [0.15, 0.2) is 0 Å². The van der Waals surface area contributed by atoms with E-state index in [1.165, 1.54) is 32.1 Å². The van der Waals surface area contributed by atoms with Crippen LogP contribution < -0.4 is 0 Å². The first kappa shape index (κ1) is 10.9. The Morgan fingerprint density at radius 3 is 2.88 bits per heavy atom. The summed E-state index contributed by atoms with van der Waals surface area (Å²) in [6.07, 6.45) is 8.33. The number of carbonyl (C=O) groups is 1. The van der Waals surface area contributed by atoms with E-state index < -0.39 is 0 Å². The summed E-state index contributed by atoms with van der Waals surface area (Å²) in [6, 6.07) is 4.39. The van der Waals surface area contributed by atoms with Gasteiger partial charge in [-0.2, -0.15) is 0 Å². The number of rotatable bonds is 1. The van der Waals surface area contributed by atoms with Crippen LogP contribution >= 0.6 is 0 Å². The fourth-order valence-electron chi connectivity index (χ4n) is 3.49. The quantitative estimate of drug-likeness (QED) is 0.730. The smallest absolute Gasteiger partial charge is 0.270 e. The van der Waals surface area contributed by atoms with Crippen molar-refractivity contribution < 1.29 is 4.79 Å². The largest absolute Gasteiger partial charge is 0.347 e. The molecule has 1 aromatic rings. The normalized spacial score (nSPS) is 28.2. The molecule has 1 aliphatic heterocycles. The molecule has 0 bridgehead atoms. The molecule has 1 aromatic heterocycles. The van der Waals surface area contributed by atoms with Crippen molar-refractivity contribution in [1.29, 1.82) is 0 Å². The lowest BCUT2D eigenvalue weighted by Gasteiger charge is -2.31. The van der Waals surface area contributed by atoms with Crippen LogP contribution in [0.25, 0.3) is 0 Å². The zero-order chi connectivity index (χ0) is 11.8. The molecule has 17 heavy (non-hydrogen) atoms. The zero-order valence-electron chi connectivity index (χ0n) is 10.4. The van der Waals surface area contributed by atoms with Gasteiger partial charge in [-0.3, -0.25) is 4.79 Å². The van der Waals surface area contributed by atoms with E-state index >= 15 is 0 Å². The molecule has 1 amide bonds. The van der Waals surface area contributed by atoms with Gasteiger partial charge in [0, 0.05) is 25.8 Å². The summed E-state index contributed by atoms with van der Waals surface area (Å²) in [5, 5.41) is 0. The van der Waals surface area contributed by atoms with E-state index in [0.717, 1.165) is 18.2 Å². The SMILES string of the molecule is Cn1cccc1C(=O)N1CC[C@@H]2CCCC[C@@H]21. The molecule has 0 unspecified atom stereocenters. The topological polar surface area (TPSA) is 25.2 Å². The average molecular weight is 232 g/mol. The number of carbonyl (C=O) groups excluding carboxylic acids is 1. The van der Waals surface area contributed by atoms with Crippen LogP contribution in [0.15, 0.2) is 18.3 Å². The summed E-state index contributed by atoms with van der Waals surface area (Å²) < 4.78 is 1.93. The van der Waals surface area contributed by atoms with Crippen LogP contribution in [0.3, 0.4) is 0 Å². The van der Waals surface area contributed by atoms with Crippen LogP contribution in [0.4, 0.5) is 0 Å². The first-order valence-electron chi connectivity index (χ1n) is 6.69. The molecule has 92 valence electrons. The van der Waals surface area contributed by atoms with E-state index in [1.54, 1.807) is 0 Å². The Balaban J connectivity index is 1.81. The van der Waals surface area contributed by atoms with E-state index in [1.807, 2.05) is 29.9 Å². The van der Waals surface area contributed by atoms with Crippen LogP contribution in [0.1, 0.15) is 42.6 Å². The molecule has 0 spiro atoms. The van der Waals surface area contributed by atoms with Crippen LogP contribution in [-0.2, 0) is 7.05 Å². The number of nitrogens with zero attached hydrogens (tertiary/aromatic N) is 2. The second-order valence-corrected chi connectivity index (χ2v) is 5.40. The summed E-state index contributed by atoms with van der Waals surface area (Å²) in [5.74, 6) is 1.000. The number of aryl methyl sites for hydroxylation is 1. The van der Waals surface area contributed by atoms with Gasteiger partial charge in [0.1, 0.15) is 5.69 Å². The van der Waals surface area contributed by atoms with Gasteiger partial charge in [-0.25, -0.2) is 0 Å². The van der Waals surface area contributed by atoms with E-state index in [4.69, 9.17) is 0 Å². The number of hydrogen-bond acceptors (Lipinski definition) is 1. The Morgan fingerprint density at radius 2 is 2.12 bits per heavy atom. The van der Waals surface area contributed by atoms with Gasteiger partial charge in [-0.1, -0.05) is 12.8 Å². The third-order valence-electron chi connectivity index (χ3n) is 4.43. The fraction of sp³-hybridized carbons (Fsp3) is 0.643. The van der Waals surface area contributed by atoms with Gasteiger partial charge in [0.05, 0.1) is 0 Å². The maximum Gasteiger partial charge on any atom is 0.270 e. The summed E-state index contributed by atoms with van der Waals surface area (Å²) >= 11 is 0. The zero-order valence-corrected chi connectivity index (χ0v) is 10.4. The number of aromatic nitrogens is 1. The molecule has 3 rings (SSSR count). The van der Waals surface area contributed by atoms with E-state index in [2.05, 4.69) is 4.90 Å². The number of hydrogen-bond donors (Lipinski definition) is 0. The molecular formula is C14H20N2O. The Labute approximate surface area is 102 Å². The first-order valence-corrected chi connectivity index (χ1v) is 6.69. The summed E-state index contributed by atoms with van der Waals surface area (Å²) in [6.45, 7) is 0.958. The molecule has 3 heteroatoms. The number of fused-ring (bicyclic) bond motifs is 1. The molecule has 3 nitrogen and oxygen atoms in total. The lowest BCUT2D eigenvalue weighted by molar-refractivity contribution is 0.0680. The predicted octanol–water partition coefficient (Wildman–Crippen LogP) is 2.43. The highest BCUT2D eigenvalue weighted by Gasteiger charge is 2.38. The summed E-state index contributed by atoms with van der Waals surface area (Å²) in [7, 11) is 1.95. The maximum absolute atomic E-state index is 12.5. The predicted molar refractivity (Wildman–Crippen MR) is 66.8 cm³/mol. The Morgan fingerprint density at radius 1 is 1.29 bits per heavy atom. The van der Waals surface area contributed by atoms with Crippen LogP contribution in [0.5, 0.6) is 0 Å². The molecule has 0 radical (unpaired) electrons. The molecule has 2 heterocycles. The Kier molecular flexibility index (Phi) is 2.69. The Bertz CT molecular complexity index is 424. The number of likely N-dealkylation sites (tertiary alicyclic amines) is 1. The van der Waals surface area contributed by atoms with Crippen LogP contribution in [-0.4, -0.2) is 28.0 Å². The van der Waals surface area contributed by atoms with Gasteiger partial charge in [0.25, 0.3) is 5.91 Å². The van der Waals surface area contributed by atoms with Crippen LogP contribution in [0, 0.1) is 5.92 Å². The number of amides is 1. The lowest BCUT2D eigenvalue weighted by Crippen LogP contribution is -2.39. The van der Waals surface area contributed by atoms with E-state index in [0.29, 0.717) is 6.04 Å². The second kappa shape index (κ2) is 4.21. The molecule has 2 aliphatic rings. The molecule has 2 fully saturated rings. The van der Waals surface area contributed by atoms with Crippen LogP contribution in [0.2, 0.25) is 0 Å². The third-order valence-corrected chi connectivity index (χ3v) is 4.43. The fourth-order valence-corrected chi connectivity index (χ4v) is 3.49. The summed E-state index contributed by atoms with van der Waals surface area (Å²) in [5.41, 5.74) is 0.830. The van der Waals surface area contributed by atoms with Gasteiger partial charge in [0.2, 0.25) is 0 Å². The van der Waals surface area contributed by atoms with E-state index in [9.17, 15) is 4.79 Å². The standard InChI is InChI=1S/C14H20N2O/c1-15-9-4-7-13(15)14(17)16-10-8-11-5-2-3-6-12(11)16/h4,7,9,11-12H,2-3,5-6,8,10H2,1H3/t11-,12-/m0/s1. The highest BCUT2D eigenvalue weighted by atomic mass is 16.2. The van der Waals surface area contributed by atoms with Gasteiger partial charge < -0.3 is 9.47 Å². The molecule has 0 N–H and O–H groups in total. The monoisotopic (exact) mass is 232 g/mol. The molecule has 1 saturated carbocycles. The highest BCUT2D eigenvalue weighted by Crippen LogP contribution is 2.36. The minimum atomic E-state index is 0.229. The average Bonchev–Trinajstić information content (AvgIpc) is 2.94. The van der Waals surface area contributed by atoms with Crippen molar-refractivity contribution in [2.24, 2.45) is 13.0 Å². The molecule has 1 saturated heterocycles. The Hall–Kier alpha value is -1.25. The minimum absolute atomic E-state index is 0.229. The van der Waals surface area contributed by atoms with Crippen molar-refractivity contribution in [3.05, 3.63) is 24.0 Å². The molecule has 2 atom stereocenters. The molecular weight excluding hydrogens is 212 g/mol. The van der Waals surface area contributed by atoms with Crippen molar-refractivity contribution in [2.45, 2.75) is 38.1 Å². The summed E-state index contributed by atoms with van der Waals surface area (Å²) in [4.78, 5) is 14.6. The maximum atomic E-state index is 12.5. The first-order chi connectivity index (χ1) is 8.27. The van der Waals surface area contributed by atoms with Gasteiger partial charge >= 0.3 is 0 Å². The van der Waals surface area contributed by atoms with Crippen molar-refractivity contribution in [3.8, 4) is 0 Å². The van der Waals surface area contributed by atoms with Crippen molar-refractivity contribution >= 4 is 5.91 Å². The van der Waals surface area contributed by atoms with Gasteiger partial charge in [-0.15, -0.1) is 0 Å². The minimum Gasteiger partial charge on any atom is -0.347 e. The molecule has 0 aromatic carbocycles. The highest BCUT2D eigenvalue weighted by molar-refractivity contribution is 5.93. The van der Waals surface area contributed by atoms with Crippen molar-refractivity contribution in [3.63, 3.8) is 0 Å². The third kappa shape index (κ3) is 1.78. The lowest BCUT2D eigenvalue weighted by atomic mass is 9.85. The van der Waals surface area contributed by atoms with Crippen molar-refractivity contribution in [2.75, 3.05) is 6.54 Å². The molecule has 1 aliphatic carbocycles. The van der Waals surface area contributed by atoms with Gasteiger partial charge in [-0.05, 0) is 37.3 Å². The second-order valence-electron chi connectivity index (χ2n) is 5.40. The van der Waals surface area contributed by atoms with Crippen molar-refractivity contribution in [1.82, 2.24) is 9.47 Å².